The van der Waals surface area contributed by atoms with Crippen molar-refractivity contribution in [1.82, 2.24) is 9.55 Å². The molecule has 3 nitrogen and oxygen atoms in total. The highest BCUT2D eigenvalue weighted by Crippen LogP contribution is 2.32. The van der Waals surface area contributed by atoms with Crippen molar-refractivity contribution in [2.45, 2.75) is 25.7 Å². The molecule has 0 amide bonds. The van der Waals surface area contributed by atoms with Gasteiger partial charge in [-0.25, -0.2) is 4.98 Å². The number of fused-ring (bicyclic) bond motifs is 1. The molecular weight excluding hydrogens is 198 g/mol. The summed E-state index contributed by atoms with van der Waals surface area (Å²) in [4.78, 5) is 4.41. The first-order valence-corrected chi connectivity index (χ1v) is 5.67. The third-order valence-electron chi connectivity index (χ3n) is 3.23. The third-order valence-corrected chi connectivity index (χ3v) is 3.23. The lowest BCUT2D eigenvalue weighted by atomic mass is 9.82. The summed E-state index contributed by atoms with van der Waals surface area (Å²) in [5, 5.41) is 1.24. The molecule has 0 atom stereocenters. The smallest absolute Gasteiger partial charge is 0.139 e. The first-order valence-electron chi connectivity index (χ1n) is 5.67. The van der Waals surface area contributed by atoms with E-state index in [9.17, 15) is 0 Å². The highest BCUT2D eigenvalue weighted by Gasteiger charge is 2.24. The van der Waals surface area contributed by atoms with Crippen LogP contribution in [0.1, 0.15) is 25.8 Å². The number of aromatic nitrogens is 2. The molecule has 86 valence electrons. The third kappa shape index (κ3) is 1.71. The maximum Gasteiger partial charge on any atom is 0.139 e. The van der Waals surface area contributed by atoms with Crippen molar-refractivity contribution in [3.63, 3.8) is 0 Å². The molecule has 16 heavy (non-hydrogen) atoms. The van der Waals surface area contributed by atoms with E-state index >= 15 is 0 Å². The van der Waals surface area contributed by atoms with Crippen molar-refractivity contribution in [1.29, 1.82) is 0 Å². The Kier molecular flexibility index (Phi) is 2.72. The Morgan fingerprint density at radius 1 is 1.44 bits per heavy atom. The van der Waals surface area contributed by atoms with Crippen molar-refractivity contribution in [3.8, 4) is 0 Å². The first-order chi connectivity index (χ1) is 7.56. The van der Waals surface area contributed by atoms with Crippen molar-refractivity contribution >= 4 is 11.0 Å². The van der Waals surface area contributed by atoms with Crippen molar-refractivity contribution < 1.29 is 0 Å². The van der Waals surface area contributed by atoms with Gasteiger partial charge in [-0.3, -0.25) is 0 Å². The second-order valence-electron chi connectivity index (χ2n) is 4.95. The molecule has 0 radical (unpaired) electrons. The minimum Gasteiger partial charge on any atom is -0.335 e. The molecule has 2 aromatic rings. The largest absolute Gasteiger partial charge is 0.335 e. The number of nitrogens with zero attached hydrogens (tertiary/aromatic N) is 2. The number of hydrogen-bond donors (Lipinski definition) is 1. The minimum absolute atomic E-state index is 0.108. The van der Waals surface area contributed by atoms with Crippen LogP contribution in [-0.2, 0) is 12.5 Å². The fourth-order valence-electron chi connectivity index (χ4n) is 2.25. The van der Waals surface area contributed by atoms with E-state index in [1.807, 2.05) is 19.3 Å². The Balaban J connectivity index is 2.61. The number of pyridine rings is 1. The Hall–Kier alpha value is -1.35. The molecule has 0 bridgehead atoms. The zero-order valence-corrected chi connectivity index (χ0v) is 10.2. The Bertz CT molecular complexity index is 497. The summed E-state index contributed by atoms with van der Waals surface area (Å²) in [5.74, 6) is 0. The van der Waals surface area contributed by atoms with E-state index in [2.05, 4.69) is 35.7 Å². The van der Waals surface area contributed by atoms with Crippen LogP contribution < -0.4 is 5.73 Å². The summed E-state index contributed by atoms with van der Waals surface area (Å²) in [7, 11) is 2.04. The van der Waals surface area contributed by atoms with Crippen molar-refractivity contribution in [2.75, 3.05) is 6.54 Å². The second kappa shape index (κ2) is 3.91. The fraction of sp³-hybridized carbons (Fsp3) is 0.462. The maximum atomic E-state index is 5.68. The summed E-state index contributed by atoms with van der Waals surface area (Å²) >= 11 is 0. The van der Waals surface area contributed by atoms with E-state index in [0.29, 0.717) is 6.54 Å². The van der Waals surface area contributed by atoms with E-state index < -0.39 is 0 Å². The van der Waals surface area contributed by atoms with Crippen LogP contribution in [0.4, 0.5) is 0 Å². The van der Waals surface area contributed by atoms with Gasteiger partial charge in [0.1, 0.15) is 5.65 Å². The summed E-state index contributed by atoms with van der Waals surface area (Å²) in [6, 6.07) is 4.13. The van der Waals surface area contributed by atoms with Gasteiger partial charge in [0, 0.05) is 24.8 Å². The Morgan fingerprint density at radius 3 is 2.88 bits per heavy atom. The summed E-state index contributed by atoms with van der Waals surface area (Å²) in [6.45, 7) is 5.19. The molecule has 0 aliphatic carbocycles. The van der Waals surface area contributed by atoms with Gasteiger partial charge in [0.2, 0.25) is 0 Å². The molecule has 0 spiro atoms. The number of aryl methyl sites for hydroxylation is 1. The van der Waals surface area contributed by atoms with Crippen molar-refractivity contribution in [3.05, 3.63) is 30.1 Å². The van der Waals surface area contributed by atoms with Gasteiger partial charge in [-0.1, -0.05) is 13.8 Å². The zero-order valence-electron chi connectivity index (χ0n) is 10.2. The Labute approximate surface area is 96.3 Å². The van der Waals surface area contributed by atoms with E-state index in [-0.39, 0.29) is 5.41 Å². The Morgan fingerprint density at radius 2 is 2.19 bits per heavy atom. The molecule has 0 saturated heterocycles. The lowest BCUT2D eigenvalue weighted by Crippen LogP contribution is -2.21. The van der Waals surface area contributed by atoms with E-state index in [1.54, 1.807) is 0 Å². The predicted octanol–water partition coefficient (Wildman–Crippen LogP) is 2.20. The average molecular weight is 217 g/mol. The van der Waals surface area contributed by atoms with Gasteiger partial charge in [0.05, 0.1) is 0 Å². The molecule has 0 aliphatic heterocycles. The van der Waals surface area contributed by atoms with E-state index in [0.717, 1.165) is 12.1 Å². The van der Waals surface area contributed by atoms with Crippen LogP contribution in [0, 0.1) is 0 Å². The SMILES string of the molecule is Cn1cc(C(C)(C)CCN)c2cccnc21. The van der Waals surface area contributed by atoms with Crippen molar-refractivity contribution in [2.24, 2.45) is 12.8 Å². The molecule has 2 rings (SSSR count). The van der Waals surface area contributed by atoms with E-state index in [4.69, 9.17) is 5.73 Å². The highest BCUT2D eigenvalue weighted by molar-refractivity contribution is 5.81. The molecular formula is C13H19N3. The quantitative estimate of drug-likeness (QED) is 0.856. The van der Waals surface area contributed by atoms with Gasteiger partial charge >= 0.3 is 0 Å². The molecule has 0 aromatic carbocycles. The molecule has 3 heteroatoms. The summed E-state index contributed by atoms with van der Waals surface area (Å²) < 4.78 is 2.09. The lowest BCUT2D eigenvalue weighted by molar-refractivity contribution is 0.490. The van der Waals surface area contributed by atoms with Crippen LogP contribution in [0.2, 0.25) is 0 Å². The van der Waals surface area contributed by atoms with Crippen LogP contribution in [0.3, 0.4) is 0 Å². The van der Waals surface area contributed by atoms with Crippen LogP contribution in [0.25, 0.3) is 11.0 Å². The molecule has 2 heterocycles. The van der Waals surface area contributed by atoms with Crippen LogP contribution in [-0.4, -0.2) is 16.1 Å². The zero-order chi connectivity index (χ0) is 11.8. The first kappa shape index (κ1) is 11.1. The predicted molar refractivity (Wildman–Crippen MR) is 67.4 cm³/mol. The molecule has 0 aliphatic rings. The van der Waals surface area contributed by atoms with Gasteiger partial charge < -0.3 is 10.3 Å². The lowest BCUT2D eigenvalue weighted by Gasteiger charge is -2.23. The summed E-state index contributed by atoms with van der Waals surface area (Å²) in [5.41, 5.74) is 8.17. The standard InChI is InChI=1S/C13H19N3/c1-13(2,6-7-14)11-9-16(3)12-10(11)5-4-8-15-12/h4-5,8-9H,6-7,14H2,1-3H3. The van der Waals surface area contributed by atoms with Gasteiger partial charge in [0.15, 0.2) is 0 Å². The minimum atomic E-state index is 0.108. The van der Waals surface area contributed by atoms with Gasteiger partial charge in [0.25, 0.3) is 0 Å². The average Bonchev–Trinajstić information content (AvgIpc) is 2.58. The van der Waals surface area contributed by atoms with Gasteiger partial charge in [-0.2, -0.15) is 0 Å². The monoisotopic (exact) mass is 217 g/mol. The van der Waals surface area contributed by atoms with E-state index in [1.165, 1.54) is 10.9 Å². The number of hydrogen-bond acceptors (Lipinski definition) is 2. The molecule has 0 saturated carbocycles. The van der Waals surface area contributed by atoms with Crippen LogP contribution >= 0.6 is 0 Å². The molecule has 0 unspecified atom stereocenters. The molecule has 2 N–H and O–H groups in total. The molecule has 2 aromatic heterocycles. The number of nitrogens with two attached hydrogens (primary N) is 1. The molecule has 0 fully saturated rings. The normalized spacial score (nSPS) is 12.2. The maximum absolute atomic E-state index is 5.68. The topological polar surface area (TPSA) is 43.8 Å². The number of rotatable bonds is 3. The van der Waals surface area contributed by atoms with Crippen LogP contribution in [0.15, 0.2) is 24.5 Å². The van der Waals surface area contributed by atoms with Gasteiger partial charge in [-0.15, -0.1) is 0 Å². The second-order valence-corrected chi connectivity index (χ2v) is 4.95. The fourth-order valence-corrected chi connectivity index (χ4v) is 2.25. The highest BCUT2D eigenvalue weighted by atomic mass is 15.0. The summed E-state index contributed by atoms with van der Waals surface area (Å²) in [6.07, 6.45) is 5.00. The van der Waals surface area contributed by atoms with Gasteiger partial charge in [-0.05, 0) is 36.1 Å². The van der Waals surface area contributed by atoms with Crippen LogP contribution in [0.5, 0.6) is 0 Å².